The van der Waals surface area contributed by atoms with Crippen LogP contribution >= 0.6 is 0 Å². The molecule has 98 valence electrons. The second kappa shape index (κ2) is 4.54. The quantitative estimate of drug-likeness (QED) is 0.828. The summed E-state index contributed by atoms with van der Waals surface area (Å²) in [5, 5.41) is 0. The molecular formula is C15H21FN2. The minimum absolute atomic E-state index is 0.127. The first-order valence-corrected chi connectivity index (χ1v) is 6.94. The number of piperidine rings is 2. The van der Waals surface area contributed by atoms with Crippen LogP contribution in [0.2, 0.25) is 0 Å². The maximum absolute atomic E-state index is 13.6. The number of fused-ring (bicyclic) bond motifs is 2. The molecule has 2 aliphatic heterocycles. The Morgan fingerprint density at radius 1 is 1.17 bits per heavy atom. The molecule has 0 radical (unpaired) electrons. The Kier molecular flexibility index (Phi) is 3.02. The molecule has 1 aromatic carbocycles. The molecule has 2 N–H and O–H groups in total. The Hall–Kier alpha value is -1.09. The van der Waals surface area contributed by atoms with Gasteiger partial charge in [-0.3, -0.25) is 0 Å². The van der Waals surface area contributed by atoms with Gasteiger partial charge in [-0.05, 0) is 62.8 Å². The number of benzene rings is 1. The van der Waals surface area contributed by atoms with Gasteiger partial charge in [-0.25, -0.2) is 4.39 Å². The zero-order valence-corrected chi connectivity index (χ0v) is 10.9. The van der Waals surface area contributed by atoms with E-state index in [4.69, 9.17) is 5.73 Å². The molecule has 1 aromatic rings. The zero-order valence-electron chi connectivity index (χ0n) is 10.9. The lowest BCUT2D eigenvalue weighted by Gasteiger charge is -2.49. The third kappa shape index (κ3) is 2.12. The van der Waals surface area contributed by atoms with E-state index in [1.807, 2.05) is 6.92 Å². The molecule has 2 nitrogen and oxygen atoms in total. The smallest absolute Gasteiger partial charge is 0.125 e. The second-order valence-corrected chi connectivity index (χ2v) is 5.86. The minimum Gasteiger partial charge on any atom is -0.365 e. The van der Waals surface area contributed by atoms with Gasteiger partial charge in [-0.15, -0.1) is 0 Å². The highest BCUT2D eigenvalue weighted by Crippen LogP contribution is 2.37. The van der Waals surface area contributed by atoms with Crippen molar-refractivity contribution in [3.05, 3.63) is 29.6 Å². The fraction of sp³-hybridized carbons (Fsp3) is 0.600. The summed E-state index contributed by atoms with van der Waals surface area (Å²) in [5.41, 5.74) is 8.17. The van der Waals surface area contributed by atoms with Crippen LogP contribution in [0.4, 0.5) is 10.1 Å². The largest absolute Gasteiger partial charge is 0.365 e. The predicted molar refractivity (Wildman–Crippen MR) is 72.3 cm³/mol. The molecule has 0 aliphatic carbocycles. The Morgan fingerprint density at radius 2 is 1.83 bits per heavy atom. The van der Waals surface area contributed by atoms with E-state index in [0.29, 0.717) is 18.1 Å². The van der Waals surface area contributed by atoms with Gasteiger partial charge >= 0.3 is 0 Å². The lowest BCUT2D eigenvalue weighted by Crippen LogP contribution is -2.55. The van der Waals surface area contributed by atoms with Crippen molar-refractivity contribution in [3.8, 4) is 0 Å². The van der Waals surface area contributed by atoms with E-state index in [-0.39, 0.29) is 5.82 Å². The number of anilines is 1. The highest BCUT2D eigenvalue weighted by molar-refractivity contribution is 5.52. The molecule has 2 unspecified atom stereocenters. The van der Waals surface area contributed by atoms with Crippen molar-refractivity contribution in [2.45, 2.75) is 57.2 Å². The number of nitrogens with zero attached hydrogens (tertiary/aromatic N) is 1. The molecule has 0 saturated carbocycles. The third-order valence-electron chi connectivity index (χ3n) is 4.34. The molecule has 2 atom stereocenters. The fourth-order valence-corrected chi connectivity index (χ4v) is 3.71. The van der Waals surface area contributed by atoms with E-state index in [2.05, 4.69) is 11.0 Å². The molecule has 2 fully saturated rings. The average Bonchev–Trinajstić information content (AvgIpc) is 2.26. The number of aryl methyl sites for hydroxylation is 1. The molecule has 2 saturated heterocycles. The van der Waals surface area contributed by atoms with E-state index in [1.54, 1.807) is 12.1 Å². The molecular weight excluding hydrogens is 227 g/mol. The monoisotopic (exact) mass is 248 g/mol. The SMILES string of the molecule is Cc1cc(F)cc(N2C3CCCC2CC(N)C3)c1. The highest BCUT2D eigenvalue weighted by Gasteiger charge is 2.37. The van der Waals surface area contributed by atoms with Crippen molar-refractivity contribution in [2.75, 3.05) is 4.90 Å². The molecule has 0 aromatic heterocycles. The summed E-state index contributed by atoms with van der Waals surface area (Å²) in [6, 6.07) is 6.71. The van der Waals surface area contributed by atoms with Gasteiger partial charge in [-0.1, -0.05) is 0 Å². The molecule has 3 heteroatoms. The van der Waals surface area contributed by atoms with Crippen molar-refractivity contribution in [1.82, 2.24) is 0 Å². The van der Waals surface area contributed by atoms with Crippen LogP contribution in [-0.2, 0) is 0 Å². The summed E-state index contributed by atoms with van der Waals surface area (Å²) in [5.74, 6) is -0.127. The van der Waals surface area contributed by atoms with Gasteiger partial charge in [-0.2, -0.15) is 0 Å². The number of nitrogens with two attached hydrogens (primary N) is 1. The van der Waals surface area contributed by atoms with Gasteiger partial charge in [0.05, 0.1) is 0 Å². The second-order valence-electron chi connectivity index (χ2n) is 5.86. The van der Waals surface area contributed by atoms with Gasteiger partial charge in [0.1, 0.15) is 5.82 Å². The Bertz CT molecular complexity index is 412. The lowest BCUT2D eigenvalue weighted by atomic mass is 9.81. The number of rotatable bonds is 1. The van der Waals surface area contributed by atoms with Crippen LogP contribution in [0.1, 0.15) is 37.7 Å². The van der Waals surface area contributed by atoms with Gasteiger partial charge in [0.15, 0.2) is 0 Å². The topological polar surface area (TPSA) is 29.3 Å². The molecule has 18 heavy (non-hydrogen) atoms. The molecule has 0 amide bonds. The normalized spacial score (nSPS) is 31.5. The van der Waals surface area contributed by atoms with E-state index < -0.39 is 0 Å². The molecule has 0 spiro atoms. The predicted octanol–water partition coefficient (Wildman–Crippen LogP) is 2.98. The van der Waals surface area contributed by atoms with Crippen LogP contribution in [0.3, 0.4) is 0 Å². The van der Waals surface area contributed by atoms with E-state index >= 15 is 0 Å². The summed E-state index contributed by atoms with van der Waals surface area (Å²) in [7, 11) is 0. The van der Waals surface area contributed by atoms with Crippen LogP contribution in [0, 0.1) is 12.7 Å². The van der Waals surface area contributed by atoms with Crippen LogP contribution in [0.5, 0.6) is 0 Å². The lowest BCUT2D eigenvalue weighted by molar-refractivity contribution is 0.271. The van der Waals surface area contributed by atoms with Gasteiger partial charge in [0, 0.05) is 23.8 Å². The van der Waals surface area contributed by atoms with E-state index in [9.17, 15) is 4.39 Å². The van der Waals surface area contributed by atoms with Crippen molar-refractivity contribution in [1.29, 1.82) is 0 Å². The molecule has 2 aliphatic rings. The van der Waals surface area contributed by atoms with E-state index in [0.717, 1.165) is 24.1 Å². The average molecular weight is 248 g/mol. The van der Waals surface area contributed by atoms with Gasteiger partial charge in [0.2, 0.25) is 0 Å². The van der Waals surface area contributed by atoms with Crippen LogP contribution < -0.4 is 10.6 Å². The standard InChI is InChI=1S/C15H21FN2/c1-10-5-11(16)7-15(6-10)18-13-3-2-4-14(18)9-12(17)8-13/h5-7,12-14H,2-4,8-9,17H2,1H3. The Balaban J connectivity index is 1.95. The first-order chi connectivity index (χ1) is 8.63. The first kappa shape index (κ1) is 12.0. The maximum Gasteiger partial charge on any atom is 0.125 e. The van der Waals surface area contributed by atoms with E-state index in [1.165, 1.54) is 19.3 Å². The van der Waals surface area contributed by atoms with Crippen molar-refractivity contribution >= 4 is 5.69 Å². The summed E-state index contributed by atoms with van der Waals surface area (Å²) in [6.07, 6.45) is 5.77. The maximum atomic E-state index is 13.6. The van der Waals surface area contributed by atoms with Crippen molar-refractivity contribution in [2.24, 2.45) is 5.73 Å². The summed E-state index contributed by atoms with van der Waals surface area (Å²) in [4.78, 5) is 2.43. The highest BCUT2D eigenvalue weighted by atomic mass is 19.1. The number of halogens is 1. The van der Waals surface area contributed by atoms with Crippen LogP contribution in [-0.4, -0.2) is 18.1 Å². The zero-order chi connectivity index (χ0) is 12.7. The van der Waals surface area contributed by atoms with Gasteiger partial charge < -0.3 is 10.6 Å². The summed E-state index contributed by atoms with van der Waals surface area (Å²) < 4.78 is 13.6. The van der Waals surface area contributed by atoms with Crippen molar-refractivity contribution < 1.29 is 4.39 Å². The fourth-order valence-electron chi connectivity index (χ4n) is 3.71. The van der Waals surface area contributed by atoms with Crippen molar-refractivity contribution in [3.63, 3.8) is 0 Å². The minimum atomic E-state index is -0.127. The number of hydrogen-bond donors (Lipinski definition) is 1. The van der Waals surface area contributed by atoms with Crippen LogP contribution in [0.15, 0.2) is 18.2 Å². The molecule has 2 heterocycles. The first-order valence-electron chi connectivity index (χ1n) is 6.94. The molecule has 3 rings (SSSR count). The summed E-state index contributed by atoms with van der Waals surface area (Å²) >= 11 is 0. The summed E-state index contributed by atoms with van der Waals surface area (Å²) in [6.45, 7) is 1.96. The Labute approximate surface area is 108 Å². The van der Waals surface area contributed by atoms with Gasteiger partial charge in [0.25, 0.3) is 0 Å². The third-order valence-corrected chi connectivity index (χ3v) is 4.34. The number of hydrogen-bond acceptors (Lipinski definition) is 2. The Morgan fingerprint density at radius 3 is 2.44 bits per heavy atom. The molecule has 2 bridgehead atoms. The van der Waals surface area contributed by atoms with Crippen LogP contribution in [0.25, 0.3) is 0 Å².